The number of nitrogens with zero attached hydrogens (tertiary/aromatic N) is 3. The van der Waals surface area contributed by atoms with Gasteiger partial charge in [-0.1, -0.05) is 6.92 Å². The number of rotatable bonds is 6. The molecule has 0 aliphatic carbocycles. The molecule has 0 fully saturated rings. The fraction of sp³-hybridized carbons (Fsp3) is 0.250. The van der Waals surface area contributed by atoms with Gasteiger partial charge in [-0.15, -0.1) is 0 Å². The molecule has 0 aliphatic heterocycles. The summed E-state index contributed by atoms with van der Waals surface area (Å²) in [6.07, 6.45) is 4.11. The zero-order valence-electron chi connectivity index (χ0n) is 11.2. The largest absolute Gasteiger partial charge is 0.478 e. The Hall–Kier alpha value is -2.26. The van der Waals surface area contributed by atoms with Gasteiger partial charge in [0.25, 0.3) is 10.0 Å². The van der Waals surface area contributed by atoms with Gasteiger partial charge < -0.3 is 5.11 Å². The van der Waals surface area contributed by atoms with Crippen LogP contribution in [0.3, 0.4) is 0 Å². The number of carboxylic acids is 1. The first-order chi connectivity index (χ1) is 9.96. The molecule has 0 spiro atoms. The minimum absolute atomic E-state index is 0.124. The molecular formula is C12H14N4O4S. The monoisotopic (exact) mass is 310 g/mol. The normalized spacial score (nSPS) is 11.7. The van der Waals surface area contributed by atoms with Gasteiger partial charge in [0.05, 0.1) is 6.20 Å². The number of nitrogens with one attached hydrogen (secondary N) is 1. The van der Waals surface area contributed by atoms with E-state index in [2.05, 4.69) is 15.2 Å². The van der Waals surface area contributed by atoms with Gasteiger partial charge in [0.2, 0.25) is 0 Å². The molecule has 2 aromatic heterocycles. The Balaban J connectivity index is 2.36. The van der Waals surface area contributed by atoms with Gasteiger partial charge in [-0.05, 0) is 17.7 Å². The summed E-state index contributed by atoms with van der Waals surface area (Å²) in [6.45, 7) is 2.00. The van der Waals surface area contributed by atoms with Gasteiger partial charge in [0.1, 0.15) is 5.56 Å². The topological polar surface area (TPSA) is 116 Å². The maximum absolute atomic E-state index is 12.5. The predicted molar refractivity (Wildman–Crippen MR) is 73.1 cm³/mol. The number of carboxylic acid groups (broad SMARTS) is 1. The van der Waals surface area contributed by atoms with E-state index < -0.39 is 21.0 Å². The Labute approximate surface area is 121 Å². The van der Waals surface area contributed by atoms with Crippen molar-refractivity contribution in [1.82, 2.24) is 19.5 Å². The lowest BCUT2D eigenvalue weighted by atomic mass is 10.3. The Morgan fingerprint density at radius 3 is 2.62 bits per heavy atom. The number of hydrogen-bond donors (Lipinski definition) is 2. The van der Waals surface area contributed by atoms with E-state index >= 15 is 0 Å². The number of aromatic nitrogens is 3. The molecule has 0 aromatic carbocycles. The van der Waals surface area contributed by atoms with Crippen molar-refractivity contribution in [2.45, 2.75) is 18.5 Å². The van der Waals surface area contributed by atoms with E-state index in [0.717, 1.165) is 11.8 Å². The Bertz CT molecular complexity index is 727. The van der Waals surface area contributed by atoms with Crippen molar-refractivity contribution in [2.75, 3.05) is 6.54 Å². The second kappa shape index (κ2) is 6.02. The third-order valence-corrected chi connectivity index (χ3v) is 4.79. The molecule has 2 rings (SSSR count). The van der Waals surface area contributed by atoms with E-state index in [1.165, 1.54) is 4.31 Å². The molecule has 0 saturated heterocycles. The second-order valence-corrected chi connectivity index (χ2v) is 6.08. The summed E-state index contributed by atoms with van der Waals surface area (Å²) in [5.74, 6) is -1.35. The maximum atomic E-state index is 12.5. The molecule has 21 heavy (non-hydrogen) atoms. The summed E-state index contributed by atoms with van der Waals surface area (Å²) in [7, 11) is -3.97. The first kappa shape index (κ1) is 15.1. The lowest BCUT2D eigenvalue weighted by molar-refractivity contribution is 0.0692. The van der Waals surface area contributed by atoms with E-state index in [1.807, 2.05) is 0 Å². The van der Waals surface area contributed by atoms with Gasteiger partial charge in [-0.3, -0.25) is 10.1 Å². The average Bonchev–Trinajstić information content (AvgIpc) is 2.96. The van der Waals surface area contributed by atoms with Crippen LogP contribution in [0, 0.1) is 0 Å². The smallest absolute Gasteiger partial charge is 0.340 e. The fourth-order valence-corrected chi connectivity index (χ4v) is 3.31. The van der Waals surface area contributed by atoms with Gasteiger partial charge in [-0.25, -0.2) is 13.2 Å². The van der Waals surface area contributed by atoms with E-state index in [0.29, 0.717) is 0 Å². The van der Waals surface area contributed by atoms with Crippen LogP contribution in [0.4, 0.5) is 0 Å². The molecule has 112 valence electrons. The maximum Gasteiger partial charge on any atom is 0.340 e. The molecule has 0 radical (unpaired) electrons. The molecular weight excluding hydrogens is 296 g/mol. The summed E-state index contributed by atoms with van der Waals surface area (Å²) >= 11 is 0. The summed E-state index contributed by atoms with van der Waals surface area (Å²) in [5, 5.41) is 14.4. The number of aromatic amines is 1. The number of hydrogen-bond acceptors (Lipinski definition) is 5. The molecule has 8 nitrogen and oxygen atoms in total. The van der Waals surface area contributed by atoms with E-state index in [1.54, 1.807) is 31.5 Å². The zero-order chi connectivity index (χ0) is 15.5. The van der Waals surface area contributed by atoms with Crippen molar-refractivity contribution in [3.8, 4) is 0 Å². The number of carbonyl (C=O) groups is 1. The Kier molecular flexibility index (Phi) is 4.34. The highest BCUT2D eigenvalue weighted by Crippen LogP contribution is 2.19. The van der Waals surface area contributed by atoms with Crippen LogP contribution >= 0.6 is 0 Å². The summed E-state index contributed by atoms with van der Waals surface area (Å²) in [4.78, 5) is 14.9. The highest BCUT2D eigenvalue weighted by atomic mass is 32.2. The SMILES string of the molecule is CCN(Cc1ccncc1)S(=O)(=O)c1[nH]ncc1C(=O)O. The number of sulfonamides is 1. The first-order valence-electron chi connectivity index (χ1n) is 6.12. The molecule has 2 aromatic rings. The van der Waals surface area contributed by atoms with Crippen LogP contribution in [0.1, 0.15) is 22.8 Å². The van der Waals surface area contributed by atoms with Crippen LogP contribution < -0.4 is 0 Å². The standard InChI is InChI=1S/C12H14N4O4S/c1-2-16(8-9-3-5-13-6-4-9)21(19,20)11-10(12(17)18)7-14-15-11/h3-7H,2,8H2,1H3,(H,14,15)(H,17,18). The van der Waals surface area contributed by atoms with E-state index in [4.69, 9.17) is 5.11 Å². The van der Waals surface area contributed by atoms with Gasteiger partial charge in [-0.2, -0.15) is 9.40 Å². The van der Waals surface area contributed by atoms with Crippen LogP contribution in [-0.4, -0.2) is 45.5 Å². The predicted octanol–water partition coefficient (Wildman–Crippen LogP) is 0.714. The van der Waals surface area contributed by atoms with Crippen LogP contribution in [0.25, 0.3) is 0 Å². The van der Waals surface area contributed by atoms with Gasteiger partial charge in [0, 0.05) is 25.5 Å². The lowest BCUT2D eigenvalue weighted by Crippen LogP contribution is -2.31. The van der Waals surface area contributed by atoms with Crippen molar-refractivity contribution in [1.29, 1.82) is 0 Å². The minimum atomic E-state index is -3.97. The molecule has 2 heterocycles. The quantitative estimate of drug-likeness (QED) is 0.812. The lowest BCUT2D eigenvalue weighted by Gasteiger charge is -2.19. The summed E-state index contributed by atoms with van der Waals surface area (Å²) in [5.41, 5.74) is 0.384. The molecule has 0 unspecified atom stereocenters. The van der Waals surface area contributed by atoms with Gasteiger partial charge >= 0.3 is 5.97 Å². The van der Waals surface area contributed by atoms with Crippen LogP contribution in [-0.2, 0) is 16.6 Å². The zero-order valence-corrected chi connectivity index (χ0v) is 12.0. The van der Waals surface area contributed by atoms with Crippen molar-refractivity contribution in [3.63, 3.8) is 0 Å². The molecule has 9 heteroatoms. The summed E-state index contributed by atoms with van der Waals surface area (Å²) < 4.78 is 26.2. The average molecular weight is 310 g/mol. The van der Waals surface area contributed by atoms with Gasteiger partial charge in [0.15, 0.2) is 5.03 Å². The highest BCUT2D eigenvalue weighted by Gasteiger charge is 2.30. The van der Waals surface area contributed by atoms with Crippen LogP contribution in [0.2, 0.25) is 0 Å². The Morgan fingerprint density at radius 2 is 2.05 bits per heavy atom. The molecule has 0 bridgehead atoms. The molecule has 0 amide bonds. The van der Waals surface area contributed by atoms with Crippen molar-refractivity contribution in [3.05, 3.63) is 41.9 Å². The first-order valence-corrected chi connectivity index (χ1v) is 7.56. The van der Waals surface area contributed by atoms with E-state index in [-0.39, 0.29) is 18.7 Å². The van der Waals surface area contributed by atoms with Crippen molar-refractivity contribution >= 4 is 16.0 Å². The fourth-order valence-electron chi connectivity index (χ4n) is 1.81. The molecule has 2 N–H and O–H groups in total. The second-order valence-electron chi connectivity index (χ2n) is 4.20. The van der Waals surface area contributed by atoms with Crippen molar-refractivity contribution < 1.29 is 18.3 Å². The molecule has 0 saturated carbocycles. The Morgan fingerprint density at radius 1 is 1.38 bits per heavy atom. The van der Waals surface area contributed by atoms with Crippen LogP contribution in [0.15, 0.2) is 35.7 Å². The molecule has 0 atom stereocenters. The number of aromatic carboxylic acids is 1. The highest BCUT2D eigenvalue weighted by molar-refractivity contribution is 7.89. The van der Waals surface area contributed by atoms with Crippen LogP contribution in [0.5, 0.6) is 0 Å². The number of pyridine rings is 1. The summed E-state index contributed by atoms with van der Waals surface area (Å²) in [6, 6.07) is 3.40. The molecule has 0 aliphatic rings. The minimum Gasteiger partial charge on any atom is -0.478 e. The number of H-pyrrole nitrogens is 1. The van der Waals surface area contributed by atoms with Crippen molar-refractivity contribution in [2.24, 2.45) is 0 Å². The third-order valence-electron chi connectivity index (χ3n) is 2.89. The van der Waals surface area contributed by atoms with E-state index in [9.17, 15) is 13.2 Å². The third kappa shape index (κ3) is 3.09.